The molecular weight excluding hydrogens is 212 g/mol. The summed E-state index contributed by atoms with van der Waals surface area (Å²) in [5.41, 5.74) is 5.29. The molecule has 0 aliphatic rings. The van der Waals surface area contributed by atoms with Crippen molar-refractivity contribution >= 4 is 11.6 Å². The summed E-state index contributed by atoms with van der Waals surface area (Å²) in [6.45, 7) is 4.05. The second kappa shape index (κ2) is 5.63. The van der Waals surface area contributed by atoms with E-state index in [9.17, 15) is 8.78 Å². The lowest BCUT2D eigenvalue weighted by Crippen LogP contribution is -2.20. The third-order valence-corrected chi connectivity index (χ3v) is 2.43. The largest absolute Gasteiger partial charge is 0.381 e. The van der Waals surface area contributed by atoms with E-state index in [2.05, 4.69) is 10.3 Å². The van der Waals surface area contributed by atoms with E-state index in [0.29, 0.717) is 0 Å². The quantitative estimate of drug-likeness (QED) is 0.816. The Morgan fingerprint density at radius 3 is 2.62 bits per heavy atom. The van der Waals surface area contributed by atoms with E-state index in [1.54, 1.807) is 0 Å². The van der Waals surface area contributed by atoms with Crippen LogP contribution in [-0.4, -0.2) is 11.0 Å². The van der Waals surface area contributed by atoms with Gasteiger partial charge in [-0.25, -0.2) is 13.8 Å². The lowest BCUT2D eigenvalue weighted by Gasteiger charge is -2.17. The van der Waals surface area contributed by atoms with Gasteiger partial charge in [0.15, 0.2) is 23.3 Å². The van der Waals surface area contributed by atoms with Crippen LogP contribution < -0.4 is 11.1 Å². The highest BCUT2D eigenvalue weighted by molar-refractivity contribution is 5.45. The molecule has 0 radical (unpaired) electrons. The Bertz CT molecular complexity index is 355. The average molecular weight is 229 g/mol. The van der Waals surface area contributed by atoms with Gasteiger partial charge in [-0.15, -0.1) is 0 Å². The third kappa shape index (κ3) is 3.05. The first-order valence-corrected chi connectivity index (χ1v) is 5.46. The number of aromatic nitrogens is 1. The molecule has 1 rings (SSSR count). The van der Waals surface area contributed by atoms with Gasteiger partial charge in [0.2, 0.25) is 0 Å². The third-order valence-electron chi connectivity index (χ3n) is 2.43. The molecule has 1 heterocycles. The first kappa shape index (κ1) is 12.7. The van der Waals surface area contributed by atoms with Crippen LogP contribution in [0.5, 0.6) is 0 Å². The molecule has 0 aromatic carbocycles. The molecule has 1 aromatic heterocycles. The van der Waals surface area contributed by atoms with Crippen LogP contribution in [0.4, 0.5) is 20.4 Å². The first-order chi connectivity index (χ1) is 7.58. The molecule has 90 valence electrons. The van der Waals surface area contributed by atoms with Crippen LogP contribution in [0.25, 0.3) is 0 Å². The molecule has 0 bridgehead atoms. The number of hydrogen-bond donors (Lipinski definition) is 2. The van der Waals surface area contributed by atoms with Crippen LogP contribution in [-0.2, 0) is 0 Å². The van der Waals surface area contributed by atoms with Gasteiger partial charge in [0.1, 0.15) is 0 Å². The summed E-state index contributed by atoms with van der Waals surface area (Å²) < 4.78 is 26.2. The zero-order valence-electron chi connectivity index (χ0n) is 9.56. The summed E-state index contributed by atoms with van der Waals surface area (Å²) in [7, 11) is 0. The van der Waals surface area contributed by atoms with Gasteiger partial charge in [0, 0.05) is 12.1 Å². The molecule has 1 atom stereocenters. The maximum absolute atomic E-state index is 13.3. The number of halogens is 2. The summed E-state index contributed by atoms with van der Waals surface area (Å²) in [5, 5.41) is 2.93. The van der Waals surface area contributed by atoms with E-state index in [1.807, 2.05) is 13.8 Å². The Labute approximate surface area is 94.1 Å². The van der Waals surface area contributed by atoms with Crippen molar-refractivity contribution in [1.29, 1.82) is 0 Å². The lowest BCUT2D eigenvalue weighted by molar-refractivity contribution is 0.568. The van der Waals surface area contributed by atoms with Gasteiger partial charge in [-0.1, -0.05) is 20.3 Å². The Morgan fingerprint density at radius 2 is 2.06 bits per heavy atom. The van der Waals surface area contributed by atoms with E-state index in [4.69, 9.17) is 5.73 Å². The van der Waals surface area contributed by atoms with Crippen molar-refractivity contribution in [3.05, 3.63) is 17.7 Å². The molecule has 0 saturated heterocycles. The Balaban J connectivity index is 2.83. The molecule has 16 heavy (non-hydrogen) atoms. The van der Waals surface area contributed by atoms with Crippen molar-refractivity contribution in [3.63, 3.8) is 0 Å². The molecule has 3 nitrogen and oxygen atoms in total. The first-order valence-electron chi connectivity index (χ1n) is 5.46. The number of nitrogens with one attached hydrogen (secondary N) is 1. The fourth-order valence-corrected chi connectivity index (χ4v) is 1.50. The minimum Gasteiger partial charge on any atom is -0.381 e. The summed E-state index contributed by atoms with van der Waals surface area (Å²) in [6, 6.07) is 0.889. The van der Waals surface area contributed by atoms with Crippen molar-refractivity contribution in [3.8, 4) is 0 Å². The van der Waals surface area contributed by atoms with Crippen molar-refractivity contribution in [2.24, 2.45) is 0 Å². The van der Waals surface area contributed by atoms with Gasteiger partial charge in [0.25, 0.3) is 0 Å². The van der Waals surface area contributed by atoms with Gasteiger partial charge in [-0.05, 0) is 12.8 Å². The highest BCUT2D eigenvalue weighted by Crippen LogP contribution is 2.18. The molecule has 0 saturated carbocycles. The zero-order valence-corrected chi connectivity index (χ0v) is 9.56. The van der Waals surface area contributed by atoms with Crippen molar-refractivity contribution in [2.45, 2.75) is 39.2 Å². The van der Waals surface area contributed by atoms with E-state index in [-0.39, 0.29) is 17.7 Å². The van der Waals surface area contributed by atoms with E-state index in [1.165, 1.54) is 0 Å². The lowest BCUT2D eigenvalue weighted by atomic mass is 10.1. The Morgan fingerprint density at radius 1 is 1.38 bits per heavy atom. The second-order valence-corrected chi connectivity index (χ2v) is 3.72. The van der Waals surface area contributed by atoms with Crippen LogP contribution in [0.3, 0.4) is 0 Å². The summed E-state index contributed by atoms with van der Waals surface area (Å²) in [5.74, 6) is -1.79. The fraction of sp³-hybridized carbons (Fsp3) is 0.545. The van der Waals surface area contributed by atoms with Crippen molar-refractivity contribution in [1.82, 2.24) is 4.98 Å². The van der Waals surface area contributed by atoms with E-state index < -0.39 is 11.6 Å². The highest BCUT2D eigenvalue weighted by atomic mass is 19.1. The number of pyridine rings is 1. The molecule has 0 aliphatic heterocycles. The van der Waals surface area contributed by atoms with Gasteiger partial charge in [0.05, 0.1) is 0 Å². The predicted molar refractivity (Wildman–Crippen MR) is 61.2 cm³/mol. The topological polar surface area (TPSA) is 50.9 Å². The molecule has 5 heteroatoms. The molecule has 0 aliphatic carbocycles. The van der Waals surface area contributed by atoms with Crippen LogP contribution in [0, 0.1) is 11.6 Å². The smallest absolute Gasteiger partial charge is 0.168 e. The van der Waals surface area contributed by atoms with Crippen LogP contribution in [0.2, 0.25) is 0 Å². The maximum Gasteiger partial charge on any atom is 0.168 e. The minimum absolute atomic E-state index is 0.0270. The Kier molecular flexibility index (Phi) is 4.46. The molecule has 1 aromatic rings. The Hall–Kier alpha value is -1.39. The molecular formula is C11H17F2N3. The maximum atomic E-state index is 13.3. The van der Waals surface area contributed by atoms with E-state index in [0.717, 1.165) is 25.3 Å². The summed E-state index contributed by atoms with van der Waals surface area (Å²) in [6.07, 6.45) is 2.75. The number of nitrogen functional groups attached to an aromatic ring is 1. The fourth-order valence-electron chi connectivity index (χ4n) is 1.50. The summed E-state index contributed by atoms with van der Waals surface area (Å²) in [4.78, 5) is 3.66. The van der Waals surface area contributed by atoms with Gasteiger partial charge in [-0.3, -0.25) is 0 Å². The predicted octanol–water partition coefficient (Wildman–Crippen LogP) is 2.93. The van der Waals surface area contributed by atoms with E-state index >= 15 is 0 Å². The molecule has 1 unspecified atom stereocenters. The average Bonchev–Trinajstić information content (AvgIpc) is 2.25. The number of rotatable bonds is 5. The molecule has 0 amide bonds. The monoisotopic (exact) mass is 229 g/mol. The standard InChI is InChI=1S/C11H17F2N3/c1-3-5-7(4-2)15-11-9(13)6-8(12)10(14)16-11/h6-7H,3-5H2,1-2H3,(H3,14,15,16). The normalized spacial score (nSPS) is 12.5. The summed E-state index contributed by atoms with van der Waals surface area (Å²) >= 11 is 0. The van der Waals surface area contributed by atoms with Crippen molar-refractivity contribution in [2.75, 3.05) is 11.1 Å². The van der Waals surface area contributed by atoms with Gasteiger partial charge in [-0.2, -0.15) is 0 Å². The van der Waals surface area contributed by atoms with Crippen LogP contribution in [0.1, 0.15) is 33.1 Å². The SMILES string of the molecule is CCCC(CC)Nc1nc(N)c(F)cc1F. The number of nitrogens with zero attached hydrogens (tertiary/aromatic N) is 1. The van der Waals surface area contributed by atoms with Gasteiger partial charge < -0.3 is 11.1 Å². The molecule has 0 spiro atoms. The zero-order chi connectivity index (χ0) is 12.1. The number of nitrogens with two attached hydrogens (primary N) is 1. The van der Waals surface area contributed by atoms with Crippen LogP contribution in [0.15, 0.2) is 6.07 Å². The van der Waals surface area contributed by atoms with Gasteiger partial charge >= 0.3 is 0 Å². The number of hydrogen-bond acceptors (Lipinski definition) is 3. The molecule has 3 N–H and O–H groups in total. The highest BCUT2D eigenvalue weighted by Gasteiger charge is 2.12. The van der Waals surface area contributed by atoms with Crippen LogP contribution >= 0.6 is 0 Å². The number of anilines is 2. The molecule has 0 fully saturated rings. The minimum atomic E-state index is -0.827. The second-order valence-electron chi connectivity index (χ2n) is 3.72. The van der Waals surface area contributed by atoms with Crippen molar-refractivity contribution < 1.29 is 8.78 Å².